The number of alkyl carbamates (subject to hydrolysis) is 1. The average Bonchev–Trinajstić information content (AvgIpc) is 3.05. The highest BCUT2D eigenvalue weighted by Gasteiger charge is 2.72. The van der Waals surface area contributed by atoms with E-state index in [1.807, 2.05) is 12.1 Å². The number of nitrogens with zero attached hydrogens (tertiary/aromatic N) is 1. The molecule has 2 aromatic rings. The molecule has 2 aliphatic heterocycles. The molecule has 38 heavy (non-hydrogen) atoms. The van der Waals surface area contributed by atoms with E-state index in [0.29, 0.717) is 5.56 Å². The molecule has 2 aliphatic rings. The summed E-state index contributed by atoms with van der Waals surface area (Å²) in [5.74, 6) is -3.50. The van der Waals surface area contributed by atoms with Crippen LogP contribution in [0.5, 0.6) is 0 Å². The van der Waals surface area contributed by atoms with Gasteiger partial charge in [-0.1, -0.05) is 60.7 Å². The third kappa shape index (κ3) is 5.21. The van der Waals surface area contributed by atoms with Crippen LogP contribution in [0.25, 0.3) is 0 Å². The number of esters is 2. The van der Waals surface area contributed by atoms with Gasteiger partial charge in [-0.25, -0.2) is 18.0 Å². The second-order valence-electron chi connectivity index (χ2n) is 9.49. The van der Waals surface area contributed by atoms with Gasteiger partial charge in [-0.3, -0.25) is 9.59 Å². The molecule has 0 bridgehead atoms. The van der Waals surface area contributed by atoms with E-state index in [2.05, 4.69) is 5.32 Å². The molecule has 11 nitrogen and oxygen atoms in total. The summed E-state index contributed by atoms with van der Waals surface area (Å²) in [7, 11) is -4.01. The fourth-order valence-corrected chi connectivity index (χ4v) is 6.80. The molecule has 3 atom stereocenters. The first kappa shape index (κ1) is 27.1. The molecule has 12 heteroatoms. The monoisotopic (exact) mass is 544 g/mol. The van der Waals surface area contributed by atoms with Crippen LogP contribution in [0.1, 0.15) is 25.0 Å². The second kappa shape index (κ2) is 10.8. The van der Waals surface area contributed by atoms with Crippen LogP contribution < -0.4 is 5.32 Å². The first-order valence-corrected chi connectivity index (χ1v) is 13.4. The predicted molar refractivity (Wildman–Crippen MR) is 133 cm³/mol. The van der Waals surface area contributed by atoms with Crippen LogP contribution >= 0.6 is 0 Å². The molecule has 2 amide bonds. The van der Waals surface area contributed by atoms with Gasteiger partial charge >= 0.3 is 18.0 Å². The van der Waals surface area contributed by atoms with Crippen molar-refractivity contribution in [3.05, 3.63) is 71.8 Å². The van der Waals surface area contributed by atoms with Gasteiger partial charge in [0.1, 0.15) is 38.3 Å². The van der Waals surface area contributed by atoms with Crippen molar-refractivity contribution in [1.29, 1.82) is 0 Å². The van der Waals surface area contributed by atoms with E-state index in [1.54, 1.807) is 48.5 Å². The van der Waals surface area contributed by atoms with Crippen LogP contribution in [0.15, 0.2) is 60.7 Å². The van der Waals surface area contributed by atoms with E-state index in [9.17, 15) is 27.6 Å². The maximum absolute atomic E-state index is 13.3. The fraction of sp³-hybridized carbons (Fsp3) is 0.385. The summed E-state index contributed by atoms with van der Waals surface area (Å²) in [4.78, 5) is 50.7. The largest absolute Gasteiger partial charge is 0.463 e. The normalized spacial score (nSPS) is 22.5. The lowest BCUT2D eigenvalue weighted by Gasteiger charge is -2.42. The van der Waals surface area contributed by atoms with Gasteiger partial charge in [0.2, 0.25) is 5.91 Å². The maximum atomic E-state index is 13.3. The van der Waals surface area contributed by atoms with Gasteiger partial charge in [-0.05, 0) is 25.0 Å². The standard InChI is InChI=1S/C26H28N2O9S/c1-26(2)21(24(31)36-14-17-9-5-3-6-10-17)28-22(30)19(23(28)38(26,33)34)16-35-20(29)13-27-25(32)37-15-18-11-7-4-8-12-18/h3-12,19,21,23H,13-16H2,1-2H3,(H,27,32)/t19-,21+,23-/m1/s1. The molecule has 0 radical (unpaired) electrons. The minimum Gasteiger partial charge on any atom is -0.463 e. The number of hydrogen-bond donors (Lipinski definition) is 1. The smallest absolute Gasteiger partial charge is 0.407 e. The highest BCUT2D eigenvalue weighted by molar-refractivity contribution is 7.93. The molecule has 4 rings (SSSR count). The van der Waals surface area contributed by atoms with Crippen LogP contribution in [-0.2, 0) is 51.6 Å². The van der Waals surface area contributed by atoms with Gasteiger partial charge in [-0.15, -0.1) is 0 Å². The number of ether oxygens (including phenoxy) is 3. The lowest BCUT2D eigenvalue weighted by molar-refractivity contribution is -0.171. The predicted octanol–water partition coefficient (Wildman–Crippen LogP) is 1.56. The zero-order chi connectivity index (χ0) is 27.5. The van der Waals surface area contributed by atoms with Crippen molar-refractivity contribution in [2.75, 3.05) is 13.2 Å². The number of amides is 2. The first-order valence-electron chi connectivity index (χ1n) is 11.9. The minimum atomic E-state index is -4.01. The van der Waals surface area contributed by atoms with Crippen LogP contribution in [0.2, 0.25) is 0 Å². The van der Waals surface area contributed by atoms with Gasteiger partial charge < -0.3 is 24.4 Å². The SMILES string of the molecule is CC1(C)[C@H](C(=O)OCc2ccccc2)N2C(=O)[C@@H](COC(=O)CNC(=O)OCc3ccccc3)[C@H]2S1(=O)=O. The Morgan fingerprint density at radius 3 is 2.03 bits per heavy atom. The maximum Gasteiger partial charge on any atom is 0.407 e. The zero-order valence-electron chi connectivity index (χ0n) is 20.9. The van der Waals surface area contributed by atoms with Crippen molar-refractivity contribution >= 4 is 33.8 Å². The third-order valence-corrected chi connectivity index (χ3v) is 9.52. The number of carbonyl (C=O) groups is 4. The van der Waals surface area contributed by atoms with Gasteiger partial charge in [0.25, 0.3) is 0 Å². The van der Waals surface area contributed by atoms with Crippen LogP contribution in [-0.4, -0.2) is 66.6 Å². The van der Waals surface area contributed by atoms with Crippen molar-refractivity contribution < 1.29 is 41.8 Å². The Bertz CT molecular complexity index is 1310. The van der Waals surface area contributed by atoms with Crippen LogP contribution in [0, 0.1) is 5.92 Å². The summed E-state index contributed by atoms with van der Waals surface area (Å²) in [6.07, 6.45) is -0.839. The lowest BCUT2D eigenvalue weighted by atomic mass is 9.92. The molecule has 0 unspecified atom stereocenters. The summed E-state index contributed by atoms with van der Waals surface area (Å²) in [5.41, 5.74) is 1.48. The number of carbonyl (C=O) groups excluding carboxylic acids is 4. The molecule has 0 aromatic heterocycles. The van der Waals surface area contributed by atoms with Crippen molar-refractivity contribution in [2.24, 2.45) is 5.92 Å². The number of sulfone groups is 1. The number of β-lactam (4-membered cyclic amide) rings is 1. The molecule has 2 heterocycles. The average molecular weight is 545 g/mol. The third-order valence-electron chi connectivity index (χ3n) is 6.64. The Labute approximate surface area is 220 Å². The van der Waals surface area contributed by atoms with Gasteiger partial charge in [0, 0.05) is 0 Å². The van der Waals surface area contributed by atoms with Gasteiger partial charge in [-0.2, -0.15) is 0 Å². The summed E-state index contributed by atoms with van der Waals surface area (Å²) in [6.45, 7) is 1.64. The fourth-order valence-electron chi connectivity index (χ4n) is 4.50. The van der Waals surface area contributed by atoms with E-state index < -0.39 is 69.0 Å². The number of hydrogen-bond acceptors (Lipinski definition) is 9. The lowest BCUT2D eigenvalue weighted by Crippen LogP contribution is -2.65. The molecule has 0 spiro atoms. The molecule has 202 valence electrons. The topological polar surface area (TPSA) is 145 Å². The quantitative estimate of drug-likeness (QED) is 0.282. The van der Waals surface area contributed by atoms with Crippen molar-refractivity contribution in [2.45, 2.75) is 43.2 Å². The van der Waals surface area contributed by atoms with Crippen molar-refractivity contribution in [3.8, 4) is 0 Å². The van der Waals surface area contributed by atoms with E-state index in [1.165, 1.54) is 13.8 Å². The van der Waals surface area contributed by atoms with E-state index in [0.717, 1.165) is 10.5 Å². The van der Waals surface area contributed by atoms with E-state index in [-0.39, 0.29) is 13.2 Å². The zero-order valence-corrected chi connectivity index (χ0v) is 21.7. The molecule has 2 fully saturated rings. The Morgan fingerprint density at radius 2 is 1.45 bits per heavy atom. The molecule has 0 aliphatic carbocycles. The Hall–Kier alpha value is -3.93. The number of rotatable bonds is 9. The van der Waals surface area contributed by atoms with E-state index in [4.69, 9.17) is 14.2 Å². The molecule has 2 saturated heterocycles. The van der Waals surface area contributed by atoms with Crippen molar-refractivity contribution in [1.82, 2.24) is 10.2 Å². The van der Waals surface area contributed by atoms with Crippen LogP contribution in [0.3, 0.4) is 0 Å². The number of nitrogens with one attached hydrogen (secondary N) is 1. The molecule has 0 saturated carbocycles. The molecule has 2 aromatic carbocycles. The summed E-state index contributed by atoms with van der Waals surface area (Å²) >= 11 is 0. The summed E-state index contributed by atoms with van der Waals surface area (Å²) < 4.78 is 40.3. The molecular weight excluding hydrogens is 516 g/mol. The second-order valence-corrected chi connectivity index (χ2v) is 12.1. The summed E-state index contributed by atoms with van der Waals surface area (Å²) in [5, 5.41) is 0.915. The van der Waals surface area contributed by atoms with Gasteiger partial charge in [0.15, 0.2) is 15.2 Å². The van der Waals surface area contributed by atoms with Crippen LogP contribution in [0.4, 0.5) is 4.79 Å². The van der Waals surface area contributed by atoms with Crippen molar-refractivity contribution in [3.63, 3.8) is 0 Å². The van der Waals surface area contributed by atoms with Gasteiger partial charge in [0.05, 0.1) is 4.75 Å². The summed E-state index contributed by atoms with van der Waals surface area (Å²) in [6, 6.07) is 16.5. The highest BCUT2D eigenvalue weighted by atomic mass is 32.2. The Balaban J connectivity index is 1.30. The first-order chi connectivity index (χ1) is 18.0. The number of fused-ring (bicyclic) bond motifs is 1. The Morgan fingerprint density at radius 1 is 0.895 bits per heavy atom. The molecular formula is C26H28N2O9S. The van der Waals surface area contributed by atoms with E-state index >= 15 is 0 Å². The molecule has 1 N–H and O–H groups in total. The number of benzene rings is 2. The highest BCUT2D eigenvalue weighted by Crippen LogP contribution is 2.49. The Kier molecular flexibility index (Phi) is 7.72. The minimum absolute atomic E-state index is 0.0123.